The van der Waals surface area contributed by atoms with E-state index in [-0.39, 0.29) is 18.6 Å². The smallest absolute Gasteiger partial charge is 0.254 e. The molecule has 2 atom stereocenters. The number of hydrogen-bond donors (Lipinski definition) is 2. The Labute approximate surface area is 111 Å². The fourth-order valence-corrected chi connectivity index (χ4v) is 2.78. The van der Waals surface area contributed by atoms with Crippen molar-refractivity contribution in [3.63, 3.8) is 0 Å². The summed E-state index contributed by atoms with van der Waals surface area (Å²) < 4.78 is 0. The zero-order chi connectivity index (χ0) is 13.4. The SMILES string of the molecule is CC1CCN(C(=O)c2ccc3[nH]ncc3c2)C1CO. The molecule has 1 aromatic carbocycles. The topological polar surface area (TPSA) is 69.2 Å². The minimum absolute atomic E-state index is 0.00787. The maximum Gasteiger partial charge on any atom is 0.254 e. The van der Waals surface area contributed by atoms with E-state index in [1.807, 2.05) is 12.1 Å². The molecule has 3 rings (SSSR count). The summed E-state index contributed by atoms with van der Waals surface area (Å²) in [7, 11) is 0. The van der Waals surface area contributed by atoms with Crippen molar-refractivity contribution in [3.8, 4) is 0 Å². The molecular formula is C14H17N3O2. The van der Waals surface area contributed by atoms with E-state index < -0.39 is 0 Å². The van der Waals surface area contributed by atoms with Crippen LogP contribution in [0.1, 0.15) is 23.7 Å². The van der Waals surface area contributed by atoms with Crippen molar-refractivity contribution in [2.75, 3.05) is 13.2 Å². The molecule has 2 unspecified atom stereocenters. The quantitative estimate of drug-likeness (QED) is 0.856. The number of H-pyrrole nitrogens is 1. The lowest BCUT2D eigenvalue weighted by atomic mass is 10.0. The van der Waals surface area contributed by atoms with Gasteiger partial charge in [0.1, 0.15) is 0 Å². The van der Waals surface area contributed by atoms with Crippen LogP contribution in [0.15, 0.2) is 24.4 Å². The average Bonchev–Trinajstić information content (AvgIpc) is 3.02. The Kier molecular flexibility index (Phi) is 2.98. The number of aromatic amines is 1. The highest BCUT2D eigenvalue weighted by molar-refractivity contribution is 5.98. The van der Waals surface area contributed by atoms with Gasteiger partial charge >= 0.3 is 0 Å². The number of nitrogens with zero attached hydrogens (tertiary/aromatic N) is 2. The maximum atomic E-state index is 12.5. The molecule has 1 aliphatic rings. The van der Waals surface area contributed by atoms with Gasteiger partial charge in [-0.3, -0.25) is 9.89 Å². The molecule has 100 valence electrons. The van der Waals surface area contributed by atoms with Gasteiger partial charge in [-0.15, -0.1) is 0 Å². The molecule has 0 spiro atoms. The second kappa shape index (κ2) is 4.66. The van der Waals surface area contributed by atoms with Crippen LogP contribution < -0.4 is 0 Å². The van der Waals surface area contributed by atoms with Gasteiger partial charge in [0.05, 0.1) is 24.4 Å². The highest BCUT2D eigenvalue weighted by Gasteiger charge is 2.34. The molecule has 1 amide bonds. The minimum atomic E-state index is -0.0625. The number of nitrogens with one attached hydrogen (secondary N) is 1. The molecule has 5 nitrogen and oxygen atoms in total. The van der Waals surface area contributed by atoms with Crippen molar-refractivity contribution < 1.29 is 9.90 Å². The molecule has 1 saturated heterocycles. The first-order valence-corrected chi connectivity index (χ1v) is 6.55. The third-order valence-corrected chi connectivity index (χ3v) is 4.02. The van der Waals surface area contributed by atoms with Crippen molar-refractivity contribution >= 4 is 16.8 Å². The van der Waals surface area contributed by atoms with Crippen LogP contribution in [0, 0.1) is 5.92 Å². The fraction of sp³-hybridized carbons (Fsp3) is 0.429. The number of benzene rings is 1. The summed E-state index contributed by atoms with van der Waals surface area (Å²) in [6, 6.07) is 5.45. The summed E-state index contributed by atoms with van der Waals surface area (Å²) in [5, 5.41) is 17.2. The molecule has 2 N–H and O–H groups in total. The van der Waals surface area contributed by atoms with Gasteiger partial charge in [0.2, 0.25) is 0 Å². The molecule has 0 saturated carbocycles. The highest BCUT2D eigenvalue weighted by Crippen LogP contribution is 2.26. The Balaban J connectivity index is 1.90. The Hall–Kier alpha value is -1.88. The molecule has 1 aliphatic heterocycles. The van der Waals surface area contributed by atoms with Crippen molar-refractivity contribution in [3.05, 3.63) is 30.0 Å². The molecule has 2 heterocycles. The van der Waals surface area contributed by atoms with Gasteiger partial charge < -0.3 is 10.0 Å². The zero-order valence-corrected chi connectivity index (χ0v) is 10.8. The fourth-order valence-electron chi connectivity index (χ4n) is 2.78. The number of aliphatic hydroxyl groups is 1. The largest absolute Gasteiger partial charge is 0.394 e. The molecule has 0 radical (unpaired) electrons. The van der Waals surface area contributed by atoms with E-state index in [0.717, 1.165) is 17.3 Å². The monoisotopic (exact) mass is 259 g/mol. The van der Waals surface area contributed by atoms with Crippen LogP contribution in [0.3, 0.4) is 0 Å². The molecule has 2 aromatic rings. The van der Waals surface area contributed by atoms with E-state index in [2.05, 4.69) is 17.1 Å². The summed E-state index contributed by atoms with van der Waals surface area (Å²) in [5.74, 6) is 0.345. The van der Waals surface area contributed by atoms with Gasteiger partial charge in [0.15, 0.2) is 0 Å². The second-order valence-corrected chi connectivity index (χ2v) is 5.19. The number of hydrogen-bond acceptors (Lipinski definition) is 3. The van der Waals surface area contributed by atoms with E-state index in [0.29, 0.717) is 18.0 Å². The second-order valence-electron chi connectivity index (χ2n) is 5.19. The van der Waals surface area contributed by atoms with Crippen LogP contribution in [-0.2, 0) is 0 Å². The van der Waals surface area contributed by atoms with Gasteiger partial charge in [0.25, 0.3) is 5.91 Å². The van der Waals surface area contributed by atoms with Crippen LogP contribution in [-0.4, -0.2) is 45.3 Å². The number of aromatic nitrogens is 2. The molecule has 5 heteroatoms. The van der Waals surface area contributed by atoms with Crippen LogP contribution in [0.5, 0.6) is 0 Å². The standard InChI is InChI=1S/C14H17N3O2/c1-9-4-5-17(13(9)8-18)14(19)10-2-3-12-11(6-10)7-15-16-12/h2-3,6-7,9,13,18H,4-5,8H2,1H3,(H,15,16). The van der Waals surface area contributed by atoms with Crippen molar-refractivity contribution in [2.45, 2.75) is 19.4 Å². The third-order valence-electron chi connectivity index (χ3n) is 4.02. The van der Waals surface area contributed by atoms with E-state index in [1.165, 1.54) is 0 Å². The Morgan fingerprint density at radius 1 is 1.58 bits per heavy atom. The lowest BCUT2D eigenvalue weighted by molar-refractivity contribution is 0.0648. The van der Waals surface area contributed by atoms with Gasteiger partial charge in [0, 0.05) is 17.5 Å². The van der Waals surface area contributed by atoms with Crippen LogP contribution in [0.4, 0.5) is 0 Å². The van der Waals surface area contributed by atoms with Crippen molar-refractivity contribution in [1.82, 2.24) is 15.1 Å². The normalized spacial score (nSPS) is 23.2. The molecular weight excluding hydrogens is 242 g/mol. The van der Waals surface area contributed by atoms with Gasteiger partial charge in [-0.25, -0.2) is 0 Å². The number of likely N-dealkylation sites (tertiary alicyclic amines) is 1. The van der Waals surface area contributed by atoms with E-state index >= 15 is 0 Å². The Bertz CT molecular complexity index is 608. The molecule has 0 aliphatic carbocycles. The summed E-state index contributed by atoms with van der Waals surface area (Å²) in [6.45, 7) is 2.82. The predicted molar refractivity (Wildman–Crippen MR) is 71.8 cm³/mol. The molecule has 0 bridgehead atoms. The van der Waals surface area contributed by atoms with E-state index in [9.17, 15) is 9.90 Å². The maximum absolute atomic E-state index is 12.5. The first kappa shape index (κ1) is 12.2. The van der Waals surface area contributed by atoms with E-state index in [1.54, 1.807) is 17.2 Å². The Morgan fingerprint density at radius 2 is 2.42 bits per heavy atom. The number of rotatable bonds is 2. The number of aliphatic hydroxyl groups excluding tert-OH is 1. The minimum Gasteiger partial charge on any atom is -0.394 e. The van der Waals surface area contributed by atoms with Crippen LogP contribution in [0.25, 0.3) is 10.9 Å². The summed E-state index contributed by atoms with van der Waals surface area (Å²) in [5.41, 5.74) is 1.58. The van der Waals surface area contributed by atoms with Crippen molar-refractivity contribution in [1.29, 1.82) is 0 Å². The number of fused-ring (bicyclic) bond motifs is 1. The van der Waals surface area contributed by atoms with Crippen LogP contribution in [0.2, 0.25) is 0 Å². The summed E-state index contributed by atoms with van der Waals surface area (Å²) >= 11 is 0. The average molecular weight is 259 g/mol. The predicted octanol–water partition coefficient (Wildman–Crippen LogP) is 1.41. The van der Waals surface area contributed by atoms with Gasteiger partial charge in [-0.1, -0.05) is 6.92 Å². The van der Waals surface area contributed by atoms with Gasteiger partial charge in [-0.2, -0.15) is 5.10 Å². The number of carbonyl (C=O) groups excluding carboxylic acids is 1. The first-order valence-electron chi connectivity index (χ1n) is 6.55. The number of amides is 1. The first-order chi connectivity index (χ1) is 9.20. The Morgan fingerprint density at radius 3 is 3.21 bits per heavy atom. The van der Waals surface area contributed by atoms with E-state index in [4.69, 9.17) is 0 Å². The zero-order valence-electron chi connectivity index (χ0n) is 10.8. The lowest BCUT2D eigenvalue weighted by Gasteiger charge is -2.25. The molecule has 1 fully saturated rings. The number of carbonyl (C=O) groups is 1. The summed E-state index contributed by atoms with van der Waals surface area (Å²) in [4.78, 5) is 14.3. The van der Waals surface area contributed by atoms with Gasteiger partial charge in [-0.05, 0) is 30.5 Å². The third kappa shape index (κ3) is 2.00. The lowest BCUT2D eigenvalue weighted by Crippen LogP contribution is -2.39. The molecule has 1 aromatic heterocycles. The molecule has 19 heavy (non-hydrogen) atoms. The van der Waals surface area contributed by atoms with Crippen LogP contribution >= 0.6 is 0 Å². The summed E-state index contributed by atoms with van der Waals surface area (Å²) in [6.07, 6.45) is 2.66. The van der Waals surface area contributed by atoms with Crippen molar-refractivity contribution in [2.24, 2.45) is 5.92 Å². The highest BCUT2D eigenvalue weighted by atomic mass is 16.3.